The van der Waals surface area contributed by atoms with Crippen LogP contribution in [0.2, 0.25) is 0 Å². The lowest BCUT2D eigenvalue weighted by molar-refractivity contribution is 0.194. The van der Waals surface area contributed by atoms with Gasteiger partial charge in [0.2, 0.25) is 0 Å². The maximum Gasteiger partial charge on any atom is 0.317 e. The van der Waals surface area contributed by atoms with Crippen molar-refractivity contribution >= 4 is 22.4 Å². The molecule has 0 bridgehead atoms. The summed E-state index contributed by atoms with van der Waals surface area (Å²) in [6, 6.07) is 4.28. The van der Waals surface area contributed by atoms with Gasteiger partial charge >= 0.3 is 6.03 Å². The third-order valence-electron chi connectivity index (χ3n) is 4.92. The van der Waals surface area contributed by atoms with Gasteiger partial charge in [-0.1, -0.05) is 0 Å². The van der Waals surface area contributed by atoms with E-state index < -0.39 is 0 Å². The topological polar surface area (TPSA) is 53.4 Å². The number of hydrogen-bond donors (Lipinski definition) is 1. The van der Waals surface area contributed by atoms with Gasteiger partial charge < -0.3 is 15.1 Å². The standard InChI is InChI=1S/C18H27N5OS/c1-14-16(15(2)21(3)20-14)6-4-8-19-18(24)23-11-9-22(10-12-23)17-7-5-13-25-17/h5,7,13H,4,6,8-12H2,1-3H3,(H,19,24). The zero-order chi connectivity index (χ0) is 17.8. The van der Waals surface area contributed by atoms with Crippen molar-refractivity contribution in [1.82, 2.24) is 20.0 Å². The van der Waals surface area contributed by atoms with Gasteiger partial charge in [-0.3, -0.25) is 4.68 Å². The molecule has 0 aliphatic carbocycles. The molecule has 0 atom stereocenters. The van der Waals surface area contributed by atoms with Crippen LogP contribution in [0.25, 0.3) is 0 Å². The quantitative estimate of drug-likeness (QED) is 0.833. The Balaban J connectivity index is 1.38. The summed E-state index contributed by atoms with van der Waals surface area (Å²) in [5, 5.41) is 10.9. The summed E-state index contributed by atoms with van der Waals surface area (Å²) in [4.78, 5) is 16.6. The van der Waals surface area contributed by atoms with E-state index in [1.807, 2.05) is 23.6 Å². The first-order valence-corrected chi connectivity index (χ1v) is 9.74. The monoisotopic (exact) mass is 361 g/mol. The van der Waals surface area contributed by atoms with Gasteiger partial charge in [0, 0.05) is 45.5 Å². The number of amides is 2. The van der Waals surface area contributed by atoms with Gasteiger partial charge in [-0.05, 0) is 49.8 Å². The van der Waals surface area contributed by atoms with E-state index in [9.17, 15) is 4.79 Å². The van der Waals surface area contributed by atoms with Crippen LogP contribution in [0.5, 0.6) is 0 Å². The maximum atomic E-state index is 12.3. The van der Waals surface area contributed by atoms with Crippen LogP contribution in [0, 0.1) is 13.8 Å². The van der Waals surface area contributed by atoms with Crippen LogP contribution >= 0.6 is 11.3 Å². The SMILES string of the molecule is Cc1nn(C)c(C)c1CCCNC(=O)N1CCN(c2cccs2)CC1. The Labute approximate surface area is 153 Å². The highest BCUT2D eigenvalue weighted by Gasteiger charge is 2.21. The van der Waals surface area contributed by atoms with Crippen molar-refractivity contribution in [2.45, 2.75) is 26.7 Å². The molecule has 0 aromatic carbocycles. The summed E-state index contributed by atoms with van der Waals surface area (Å²) in [6.07, 6.45) is 1.90. The molecule has 0 radical (unpaired) electrons. The molecule has 1 fully saturated rings. The van der Waals surface area contributed by atoms with Crippen LogP contribution in [-0.4, -0.2) is 53.4 Å². The summed E-state index contributed by atoms with van der Waals surface area (Å²) < 4.78 is 1.93. The summed E-state index contributed by atoms with van der Waals surface area (Å²) in [5.74, 6) is 0. The first-order valence-electron chi connectivity index (χ1n) is 8.86. The van der Waals surface area contributed by atoms with Crippen molar-refractivity contribution in [2.75, 3.05) is 37.6 Å². The number of hydrogen-bond acceptors (Lipinski definition) is 4. The number of aromatic nitrogens is 2. The molecule has 2 amide bonds. The lowest BCUT2D eigenvalue weighted by Gasteiger charge is -2.35. The van der Waals surface area contributed by atoms with E-state index in [4.69, 9.17) is 0 Å². The summed E-state index contributed by atoms with van der Waals surface area (Å²) in [7, 11) is 1.98. The minimum Gasteiger partial charge on any atom is -0.360 e. The van der Waals surface area contributed by atoms with Crippen molar-refractivity contribution in [2.24, 2.45) is 7.05 Å². The molecular formula is C18H27N5OS. The van der Waals surface area contributed by atoms with E-state index in [1.165, 1.54) is 16.3 Å². The van der Waals surface area contributed by atoms with Crippen LogP contribution in [0.3, 0.4) is 0 Å². The highest BCUT2D eigenvalue weighted by Crippen LogP contribution is 2.22. The maximum absolute atomic E-state index is 12.3. The molecule has 3 rings (SSSR count). The van der Waals surface area contributed by atoms with E-state index in [0.29, 0.717) is 6.54 Å². The number of urea groups is 1. The minimum atomic E-state index is 0.0606. The van der Waals surface area contributed by atoms with Crippen molar-refractivity contribution in [3.05, 3.63) is 34.5 Å². The lowest BCUT2D eigenvalue weighted by Crippen LogP contribution is -2.51. The molecule has 136 valence electrons. The number of carbonyl (C=O) groups excluding carboxylic acids is 1. The highest BCUT2D eigenvalue weighted by molar-refractivity contribution is 7.14. The average molecular weight is 362 g/mol. The van der Waals surface area contributed by atoms with Crippen LogP contribution in [0.4, 0.5) is 9.80 Å². The molecule has 0 saturated carbocycles. The van der Waals surface area contributed by atoms with Gasteiger partial charge in [0.05, 0.1) is 10.7 Å². The van der Waals surface area contributed by atoms with Gasteiger partial charge in [-0.15, -0.1) is 11.3 Å². The van der Waals surface area contributed by atoms with Gasteiger partial charge in [-0.2, -0.15) is 5.10 Å². The lowest BCUT2D eigenvalue weighted by atomic mass is 10.1. The van der Waals surface area contributed by atoms with E-state index in [2.05, 4.69) is 39.8 Å². The second-order valence-electron chi connectivity index (χ2n) is 6.53. The number of carbonyl (C=O) groups is 1. The van der Waals surface area contributed by atoms with E-state index in [1.54, 1.807) is 11.3 Å². The van der Waals surface area contributed by atoms with Gasteiger partial charge in [0.15, 0.2) is 0 Å². The zero-order valence-electron chi connectivity index (χ0n) is 15.3. The molecule has 2 aromatic rings. The van der Waals surface area contributed by atoms with Crippen LogP contribution in [0.15, 0.2) is 17.5 Å². The molecule has 6 nitrogen and oxygen atoms in total. The fourth-order valence-corrected chi connectivity index (χ4v) is 4.12. The molecule has 1 aliphatic heterocycles. The summed E-state index contributed by atoms with van der Waals surface area (Å²) in [5.41, 5.74) is 3.62. The Bertz CT molecular complexity index is 701. The number of thiophene rings is 1. The number of nitrogens with zero attached hydrogens (tertiary/aromatic N) is 4. The average Bonchev–Trinajstić information content (AvgIpc) is 3.22. The van der Waals surface area contributed by atoms with Gasteiger partial charge in [0.25, 0.3) is 0 Å². The molecule has 1 N–H and O–H groups in total. The smallest absolute Gasteiger partial charge is 0.317 e. The zero-order valence-corrected chi connectivity index (χ0v) is 16.1. The molecule has 7 heteroatoms. The summed E-state index contributed by atoms with van der Waals surface area (Å²) >= 11 is 1.76. The fourth-order valence-electron chi connectivity index (χ4n) is 3.33. The normalized spacial score (nSPS) is 14.8. The summed E-state index contributed by atoms with van der Waals surface area (Å²) in [6.45, 7) is 8.23. The first-order chi connectivity index (χ1) is 12.1. The van der Waals surface area contributed by atoms with Crippen molar-refractivity contribution in [3.8, 4) is 0 Å². The largest absolute Gasteiger partial charge is 0.360 e. The first kappa shape index (κ1) is 17.8. The van der Waals surface area contributed by atoms with E-state index in [0.717, 1.165) is 44.7 Å². The van der Waals surface area contributed by atoms with E-state index >= 15 is 0 Å². The molecule has 0 spiro atoms. The minimum absolute atomic E-state index is 0.0606. The second-order valence-corrected chi connectivity index (χ2v) is 7.46. The van der Waals surface area contributed by atoms with Crippen LogP contribution < -0.4 is 10.2 Å². The molecule has 2 aromatic heterocycles. The molecule has 25 heavy (non-hydrogen) atoms. The molecule has 3 heterocycles. The predicted octanol–water partition coefficient (Wildman–Crippen LogP) is 2.56. The Morgan fingerprint density at radius 2 is 2.04 bits per heavy atom. The molecule has 1 saturated heterocycles. The Kier molecular flexibility index (Phi) is 5.63. The molecule has 1 aliphatic rings. The second kappa shape index (κ2) is 7.91. The molecule has 0 unspecified atom stereocenters. The van der Waals surface area contributed by atoms with Crippen molar-refractivity contribution in [3.63, 3.8) is 0 Å². The number of rotatable bonds is 5. The number of anilines is 1. The Morgan fingerprint density at radius 3 is 2.64 bits per heavy atom. The Hall–Kier alpha value is -2.02. The van der Waals surface area contributed by atoms with Crippen molar-refractivity contribution in [1.29, 1.82) is 0 Å². The number of nitrogens with one attached hydrogen (secondary N) is 1. The van der Waals surface area contributed by atoms with Gasteiger partial charge in [-0.25, -0.2) is 4.79 Å². The third-order valence-corrected chi connectivity index (χ3v) is 5.85. The van der Waals surface area contributed by atoms with Crippen LogP contribution in [0.1, 0.15) is 23.4 Å². The van der Waals surface area contributed by atoms with Crippen molar-refractivity contribution < 1.29 is 4.79 Å². The van der Waals surface area contributed by atoms with E-state index in [-0.39, 0.29) is 6.03 Å². The molecular weight excluding hydrogens is 334 g/mol. The van der Waals surface area contributed by atoms with Crippen LogP contribution in [-0.2, 0) is 13.5 Å². The van der Waals surface area contributed by atoms with Gasteiger partial charge in [0.1, 0.15) is 0 Å². The predicted molar refractivity (Wildman–Crippen MR) is 103 cm³/mol. The third kappa shape index (κ3) is 4.15. The fraction of sp³-hybridized carbons (Fsp3) is 0.556. The number of aryl methyl sites for hydroxylation is 2. The number of piperazine rings is 1. The Morgan fingerprint density at radius 1 is 1.28 bits per heavy atom. The highest BCUT2D eigenvalue weighted by atomic mass is 32.1.